The smallest absolute Gasteiger partial charge is 0.272 e. The van der Waals surface area contributed by atoms with Gasteiger partial charge in [-0.05, 0) is 49.4 Å². The van der Waals surface area contributed by atoms with E-state index in [1.54, 1.807) is 6.07 Å². The molecule has 1 atom stereocenters. The van der Waals surface area contributed by atoms with Gasteiger partial charge in [0.05, 0.1) is 11.7 Å². The average Bonchev–Trinajstić information content (AvgIpc) is 2.89. The van der Waals surface area contributed by atoms with Crippen molar-refractivity contribution in [1.29, 1.82) is 0 Å². The molecule has 2 heterocycles. The molecule has 1 fully saturated rings. The second-order valence-corrected chi connectivity index (χ2v) is 6.82. The quantitative estimate of drug-likeness (QED) is 0.923. The molecular formula is C19H21N3O2. The van der Waals surface area contributed by atoms with Gasteiger partial charge in [0, 0.05) is 18.6 Å². The Kier molecular flexibility index (Phi) is 3.81. The van der Waals surface area contributed by atoms with Crippen LogP contribution in [0, 0.1) is 12.3 Å². The topological polar surface area (TPSA) is 64.1 Å². The summed E-state index contributed by atoms with van der Waals surface area (Å²) in [5.41, 5.74) is 3.79. The number of hydrogen-bond donors (Lipinski definition) is 1. The lowest BCUT2D eigenvalue weighted by atomic mass is 9.74. The number of amides is 1. The van der Waals surface area contributed by atoms with Crippen molar-refractivity contribution in [2.24, 2.45) is 5.41 Å². The van der Waals surface area contributed by atoms with Gasteiger partial charge >= 0.3 is 0 Å². The first-order valence-electron chi connectivity index (χ1n) is 8.45. The molecule has 1 aliphatic heterocycles. The SMILES string of the molecule is Cc1ccc(C(=O)N[C@H]2c3ccccc3CC23CCOCC3)nn1. The molecule has 0 unspecified atom stereocenters. The van der Waals surface area contributed by atoms with Crippen LogP contribution in [0.5, 0.6) is 0 Å². The highest BCUT2D eigenvalue weighted by Crippen LogP contribution is 2.51. The van der Waals surface area contributed by atoms with Gasteiger partial charge in [-0.15, -0.1) is 5.10 Å². The molecule has 1 saturated heterocycles. The van der Waals surface area contributed by atoms with Crippen molar-refractivity contribution in [3.8, 4) is 0 Å². The van der Waals surface area contributed by atoms with Crippen LogP contribution in [-0.2, 0) is 11.2 Å². The molecule has 2 aromatic rings. The van der Waals surface area contributed by atoms with Crippen molar-refractivity contribution in [2.75, 3.05) is 13.2 Å². The molecule has 1 aromatic carbocycles. The Hall–Kier alpha value is -2.27. The maximum Gasteiger partial charge on any atom is 0.272 e. The molecule has 5 nitrogen and oxygen atoms in total. The average molecular weight is 323 g/mol. The number of carbonyl (C=O) groups excluding carboxylic acids is 1. The van der Waals surface area contributed by atoms with Crippen molar-refractivity contribution < 1.29 is 9.53 Å². The summed E-state index contributed by atoms with van der Waals surface area (Å²) in [6.07, 6.45) is 2.93. The Morgan fingerprint density at radius 1 is 1.17 bits per heavy atom. The summed E-state index contributed by atoms with van der Waals surface area (Å²) in [4.78, 5) is 12.7. The zero-order valence-electron chi connectivity index (χ0n) is 13.8. The first-order valence-corrected chi connectivity index (χ1v) is 8.45. The van der Waals surface area contributed by atoms with E-state index in [1.165, 1.54) is 11.1 Å². The maximum atomic E-state index is 12.7. The number of fused-ring (bicyclic) bond motifs is 1. The number of ether oxygens (including phenoxy) is 1. The summed E-state index contributed by atoms with van der Waals surface area (Å²) >= 11 is 0. The molecule has 1 aliphatic carbocycles. The fraction of sp³-hybridized carbons (Fsp3) is 0.421. The zero-order chi connectivity index (χ0) is 16.6. The lowest BCUT2D eigenvalue weighted by molar-refractivity contribution is 0.000503. The van der Waals surface area contributed by atoms with Crippen LogP contribution in [0.2, 0.25) is 0 Å². The zero-order valence-corrected chi connectivity index (χ0v) is 13.8. The first-order chi connectivity index (χ1) is 11.7. The lowest BCUT2D eigenvalue weighted by Crippen LogP contribution is -2.42. The molecule has 0 bridgehead atoms. The molecule has 1 spiro atoms. The summed E-state index contributed by atoms with van der Waals surface area (Å²) in [6, 6.07) is 12.0. The van der Waals surface area contributed by atoms with Gasteiger partial charge in [0.2, 0.25) is 0 Å². The monoisotopic (exact) mass is 323 g/mol. The molecule has 2 aliphatic rings. The summed E-state index contributed by atoms with van der Waals surface area (Å²) in [5, 5.41) is 11.2. The van der Waals surface area contributed by atoms with Crippen molar-refractivity contribution in [1.82, 2.24) is 15.5 Å². The van der Waals surface area contributed by atoms with Gasteiger partial charge < -0.3 is 10.1 Å². The third kappa shape index (κ3) is 2.59. The van der Waals surface area contributed by atoms with Crippen molar-refractivity contribution >= 4 is 5.91 Å². The predicted molar refractivity (Wildman–Crippen MR) is 89.6 cm³/mol. The van der Waals surface area contributed by atoms with Crippen LogP contribution < -0.4 is 5.32 Å². The van der Waals surface area contributed by atoms with Crippen molar-refractivity contribution in [2.45, 2.75) is 32.2 Å². The fourth-order valence-electron chi connectivity index (χ4n) is 3.99. The van der Waals surface area contributed by atoms with E-state index in [0.717, 1.165) is 38.2 Å². The number of aryl methyl sites for hydroxylation is 1. The number of hydrogen-bond acceptors (Lipinski definition) is 4. The Morgan fingerprint density at radius 2 is 1.96 bits per heavy atom. The Balaban J connectivity index is 1.65. The van der Waals surface area contributed by atoms with Crippen LogP contribution in [0.1, 0.15) is 46.2 Å². The normalized spacial score (nSPS) is 21.5. The summed E-state index contributed by atoms with van der Waals surface area (Å²) in [6.45, 7) is 3.37. The molecule has 5 heteroatoms. The molecule has 1 N–H and O–H groups in total. The number of rotatable bonds is 2. The van der Waals surface area contributed by atoms with E-state index in [1.807, 2.05) is 19.1 Å². The van der Waals surface area contributed by atoms with Gasteiger partial charge in [0.1, 0.15) is 0 Å². The Morgan fingerprint density at radius 3 is 2.71 bits per heavy atom. The van der Waals surface area contributed by atoms with Gasteiger partial charge in [-0.25, -0.2) is 0 Å². The third-order valence-corrected chi connectivity index (χ3v) is 5.32. The van der Waals surface area contributed by atoms with Gasteiger partial charge in [-0.3, -0.25) is 4.79 Å². The lowest BCUT2D eigenvalue weighted by Gasteiger charge is -2.39. The van der Waals surface area contributed by atoms with Gasteiger partial charge in [0.15, 0.2) is 5.69 Å². The summed E-state index contributed by atoms with van der Waals surface area (Å²) in [7, 11) is 0. The Bertz CT molecular complexity index is 751. The van der Waals surface area contributed by atoms with Gasteiger partial charge in [-0.1, -0.05) is 24.3 Å². The summed E-state index contributed by atoms with van der Waals surface area (Å²) in [5.74, 6) is -0.157. The standard InChI is InChI=1S/C19H21N3O2/c1-13-6-7-16(22-21-13)18(23)20-17-15-5-3-2-4-14(15)12-19(17)8-10-24-11-9-19/h2-7,17H,8-12H2,1H3,(H,20,23)/t17-/m0/s1. The van der Waals surface area contributed by atoms with E-state index in [9.17, 15) is 4.79 Å². The minimum absolute atomic E-state index is 0.00760. The molecular weight excluding hydrogens is 302 g/mol. The van der Waals surface area contributed by atoms with Gasteiger partial charge in [-0.2, -0.15) is 5.10 Å². The number of nitrogens with one attached hydrogen (secondary N) is 1. The van der Waals surface area contributed by atoms with E-state index < -0.39 is 0 Å². The van der Waals surface area contributed by atoms with E-state index in [2.05, 4.69) is 33.7 Å². The molecule has 0 saturated carbocycles. The molecule has 0 radical (unpaired) electrons. The van der Waals surface area contributed by atoms with E-state index in [0.29, 0.717) is 5.69 Å². The van der Waals surface area contributed by atoms with Crippen LogP contribution in [0.25, 0.3) is 0 Å². The maximum absolute atomic E-state index is 12.7. The number of aromatic nitrogens is 2. The van der Waals surface area contributed by atoms with E-state index in [4.69, 9.17) is 4.74 Å². The fourth-order valence-corrected chi connectivity index (χ4v) is 3.99. The summed E-state index contributed by atoms with van der Waals surface area (Å²) < 4.78 is 5.57. The number of benzene rings is 1. The first kappa shape index (κ1) is 15.3. The van der Waals surface area contributed by atoms with E-state index >= 15 is 0 Å². The Labute approximate surface area is 141 Å². The highest BCUT2D eigenvalue weighted by atomic mass is 16.5. The second-order valence-electron chi connectivity index (χ2n) is 6.82. The van der Waals surface area contributed by atoms with E-state index in [-0.39, 0.29) is 17.4 Å². The van der Waals surface area contributed by atoms with Crippen LogP contribution in [0.4, 0.5) is 0 Å². The highest BCUT2D eigenvalue weighted by Gasteiger charge is 2.47. The van der Waals surface area contributed by atoms with Crippen molar-refractivity contribution in [3.05, 3.63) is 58.9 Å². The largest absolute Gasteiger partial charge is 0.381 e. The van der Waals surface area contributed by atoms with Crippen LogP contribution >= 0.6 is 0 Å². The minimum atomic E-state index is -0.157. The van der Waals surface area contributed by atoms with Crippen LogP contribution in [0.15, 0.2) is 36.4 Å². The molecule has 124 valence electrons. The highest BCUT2D eigenvalue weighted by molar-refractivity contribution is 5.92. The third-order valence-electron chi connectivity index (χ3n) is 5.32. The molecule has 4 rings (SSSR count). The van der Waals surface area contributed by atoms with Crippen LogP contribution in [0.3, 0.4) is 0 Å². The number of nitrogens with zero attached hydrogens (tertiary/aromatic N) is 2. The second kappa shape index (κ2) is 5.98. The molecule has 1 aromatic heterocycles. The van der Waals surface area contributed by atoms with Crippen LogP contribution in [-0.4, -0.2) is 29.3 Å². The van der Waals surface area contributed by atoms with Gasteiger partial charge in [0.25, 0.3) is 5.91 Å². The minimum Gasteiger partial charge on any atom is -0.381 e. The molecule has 24 heavy (non-hydrogen) atoms. The number of carbonyl (C=O) groups is 1. The predicted octanol–water partition coefficient (Wildman–Crippen LogP) is 2.61. The molecule has 1 amide bonds. The van der Waals surface area contributed by atoms with Crippen molar-refractivity contribution in [3.63, 3.8) is 0 Å².